The smallest absolute Gasteiger partial charge is 0.319 e. The molecule has 0 fully saturated rings. The Morgan fingerprint density at radius 2 is 2.00 bits per heavy atom. The van der Waals surface area contributed by atoms with Gasteiger partial charge in [-0.1, -0.05) is 23.7 Å². The number of ether oxygens (including phenoxy) is 1. The zero-order valence-corrected chi connectivity index (χ0v) is 11.6. The SMILES string of the molecule is COc1ccc(NC(=O)NCc2ccc(Cl)cc2)cn1. The molecule has 1 aromatic carbocycles. The van der Waals surface area contributed by atoms with Crippen LogP contribution in [0.5, 0.6) is 5.88 Å². The summed E-state index contributed by atoms with van der Waals surface area (Å²) in [5.41, 5.74) is 1.57. The number of methoxy groups -OCH3 is 1. The molecule has 0 spiro atoms. The average Bonchev–Trinajstić information content (AvgIpc) is 2.47. The molecule has 0 atom stereocenters. The molecule has 6 heteroatoms. The van der Waals surface area contributed by atoms with Crippen molar-refractivity contribution in [3.8, 4) is 5.88 Å². The number of hydrogen-bond donors (Lipinski definition) is 2. The van der Waals surface area contributed by atoms with Crippen molar-refractivity contribution in [3.05, 3.63) is 53.2 Å². The van der Waals surface area contributed by atoms with E-state index in [0.717, 1.165) is 5.56 Å². The standard InChI is InChI=1S/C14H14ClN3O2/c1-20-13-7-6-12(9-16-13)18-14(19)17-8-10-2-4-11(15)5-3-10/h2-7,9H,8H2,1H3,(H2,17,18,19). The van der Waals surface area contributed by atoms with E-state index in [9.17, 15) is 4.79 Å². The fourth-order valence-electron chi connectivity index (χ4n) is 1.53. The molecule has 1 aromatic heterocycles. The fraction of sp³-hybridized carbons (Fsp3) is 0.143. The van der Waals surface area contributed by atoms with Gasteiger partial charge in [0.25, 0.3) is 0 Å². The molecular weight excluding hydrogens is 278 g/mol. The number of aromatic nitrogens is 1. The monoisotopic (exact) mass is 291 g/mol. The first kappa shape index (κ1) is 14.1. The van der Waals surface area contributed by atoms with E-state index < -0.39 is 0 Å². The molecule has 1 heterocycles. The minimum absolute atomic E-state index is 0.299. The molecule has 0 saturated heterocycles. The molecule has 20 heavy (non-hydrogen) atoms. The maximum Gasteiger partial charge on any atom is 0.319 e. The number of carbonyl (C=O) groups excluding carboxylic acids is 1. The number of nitrogens with one attached hydrogen (secondary N) is 2. The van der Waals surface area contributed by atoms with Gasteiger partial charge in [0.1, 0.15) is 0 Å². The molecule has 0 bridgehead atoms. The number of nitrogens with zero attached hydrogens (tertiary/aromatic N) is 1. The van der Waals surface area contributed by atoms with Crippen molar-refractivity contribution in [1.29, 1.82) is 0 Å². The lowest BCUT2D eigenvalue weighted by Gasteiger charge is -2.08. The average molecular weight is 292 g/mol. The van der Waals surface area contributed by atoms with E-state index in [4.69, 9.17) is 16.3 Å². The Bertz CT molecular complexity index is 570. The Labute approximate surface area is 121 Å². The topological polar surface area (TPSA) is 63.2 Å². The summed E-state index contributed by atoms with van der Waals surface area (Å²) in [4.78, 5) is 15.7. The molecule has 0 aliphatic heterocycles. The van der Waals surface area contributed by atoms with E-state index in [-0.39, 0.29) is 6.03 Å². The summed E-state index contributed by atoms with van der Waals surface area (Å²) in [6.07, 6.45) is 1.53. The molecule has 0 saturated carbocycles. The highest BCUT2D eigenvalue weighted by atomic mass is 35.5. The third-order valence-electron chi connectivity index (χ3n) is 2.57. The zero-order valence-electron chi connectivity index (χ0n) is 10.9. The normalized spacial score (nSPS) is 9.90. The molecule has 2 aromatic rings. The second-order valence-electron chi connectivity index (χ2n) is 4.02. The lowest BCUT2D eigenvalue weighted by molar-refractivity contribution is 0.251. The van der Waals surface area contributed by atoms with Crippen LogP contribution in [-0.2, 0) is 6.54 Å². The third kappa shape index (κ3) is 4.13. The Kier molecular flexibility index (Phi) is 4.79. The van der Waals surface area contributed by atoms with Crippen LogP contribution in [0.2, 0.25) is 5.02 Å². The van der Waals surface area contributed by atoms with Gasteiger partial charge in [-0.25, -0.2) is 9.78 Å². The quantitative estimate of drug-likeness (QED) is 0.910. The third-order valence-corrected chi connectivity index (χ3v) is 2.82. The number of amides is 2. The van der Waals surface area contributed by atoms with Crippen molar-refractivity contribution in [2.45, 2.75) is 6.54 Å². The molecular formula is C14H14ClN3O2. The van der Waals surface area contributed by atoms with Gasteiger partial charge in [-0.2, -0.15) is 0 Å². The molecule has 5 nitrogen and oxygen atoms in total. The minimum atomic E-state index is -0.299. The van der Waals surface area contributed by atoms with Crippen molar-refractivity contribution in [3.63, 3.8) is 0 Å². The van der Waals surface area contributed by atoms with Crippen LogP contribution in [0, 0.1) is 0 Å². The van der Waals surface area contributed by atoms with E-state index in [1.807, 2.05) is 12.1 Å². The van der Waals surface area contributed by atoms with E-state index in [1.54, 1.807) is 24.3 Å². The van der Waals surface area contributed by atoms with Crippen LogP contribution in [0.4, 0.5) is 10.5 Å². The van der Waals surface area contributed by atoms with Gasteiger partial charge in [0.15, 0.2) is 0 Å². The first-order chi connectivity index (χ1) is 9.67. The summed E-state index contributed by atoms with van der Waals surface area (Å²) in [7, 11) is 1.54. The first-order valence-electron chi connectivity index (χ1n) is 5.97. The van der Waals surface area contributed by atoms with Crippen LogP contribution in [0.1, 0.15) is 5.56 Å². The number of urea groups is 1. The number of carbonyl (C=O) groups is 1. The highest BCUT2D eigenvalue weighted by Crippen LogP contribution is 2.11. The molecule has 0 aliphatic rings. The predicted octanol–water partition coefficient (Wildman–Crippen LogP) is 3.07. The minimum Gasteiger partial charge on any atom is -0.481 e. The summed E-state index contributed by atoms with van der Waals surface area (Å²) in [6.45, 7) is 0.423. The van der Waals surface area contributed by atoms with E-state index in [0.29, 0.717) is 23.1 Å². The van der Waals surface area contributed by atoms with Crippen molar-refractivity contribution in [1.82, 2.24) is 10.3 Å². The second kappa shape index (κ2) is 6.77. The molecule has 0 unspecified atom stereocenters. The van der Waals surface area contributed by atoms with Crippen LogP contribution < -0.4 is 15.4 Å². The highest BCUT2D eigenvalue weighted by molar-refractivity contribution is 6.30. The number of halogens is 1. The molecule has 2 N–H and O–H groups in total. The van der Waals surface area contributed by atoms with Crippen molar-refractivity contribution in [2.75, 3.05) is 12.4 Å². The first-order valence-corrected chi connectivity index (χ1v) is 6.34. The fourth-order valence-corrected chi connectivity index (χ4v) is 1.66. The van der Waals surface area contributed by atoms with Gasteiger partial charge in [0, 0.05) is 17.6 Å². The number of anilines is 1. The van der Waals surface area contributed by atoms with E-state index in [2.05, 4.69) is 15.6 Å². The number of pyridine rings is 1. The Balaban J connectivity index is 1.84. The summed E-state index contributed by atoms with van der Waals surface area (Å²) in [6, 6.07) is 10.4. The van der Waals surface area contributed by atoms with Crippen LogP contribution in [-0.4, -0.2) is 18.1 Å². The van der Waals surface area contributed by atoms with Gasteiger partial charge < -0.3 is 15.4 Å². The van der Waals surface area contributed by atoms with Crippen LogP contribution in [0.3, 0.4) is 0 Å². The maximum absolute atomic E-state index is 11.7. The molecule has 0 radical (unpaired) electrons. The molecule has 0 aliphatic carbocycles. The van der Waals surface area contributed by atoms with Gasteiger partial charge in [0.2, 0.25) is 5.88 Å². The van der Waals surface area contributed by atoms with Gasteiger partial charge in [-0.3, -0.25) is 0 Å². The lowest BCUT2D eigenvalue weighted by Crippen LogP contribution is -2.28. The predicted molar refractivity (Wildman–Crippen MR) is 78.1 cm³/mol. The van der Waals surface area contributed by atoms with Gasteiger partial charge in [-0.15, -0.1) is 0 Å². The van der Waals surface area contributed by atoms with Gasteiger partial charge >= 0.3 is 6.03 Å². The maximum atomic E-state index is 11.7. The molecule has 2 amide bonds. The Morgan fingerprint density at radius 1 is 1.25 bits per heavy atom. The number of rotatable bonds is 4. The lowest BCUT2D eigenvalue weighted by atomic mass is 10.2. The summed E-state index contributed by atoms with van der Waals surface area (Å²) in [5.74, 6) is 0.497. The summed E-state index contributed by atoms with van der Waals surface area (Å²) < 4.78 is 4.94. The number of hydrogen-bond acceptors (Lipinski definition) is 3. The van der Waals surface area contributed by atoms with E-state index in [1.165, 1.54) is 13.3 Å². The van der Waals surface area contributed by atoms with Crippen molar-refractivity contribution < 1.29 is 9.53 Å². The highest BCUT2D eigenvalue weighted by Gasteiger charge is 2.02. The van der Waals surface area contributed by atoms with Crippen LogP contribution >= 0.6 is 11.6 Å². The molecule has 104 valence electrons. The number of benzene rings is 1. The zero-order chi connectivity index (χ0) is 14.4. The summed E-state index contributed by atoms with van der Waals surface area (Å²) >= 11 is 5.79. The Morgan fingerprint density at radius 3 is 2.60 bits per heavy atom. The molecule has 2 rings (SSSR count). The summed E-state index contributed by atoms with van der Waals surface area (Å²) in [5, 5.41) is 6.09. The largest absolute Gasteiger partial charge is 0.481 e. The second-order valence-corrected chi connectivity index (χ2v) is 4.46. The van der Waals surface area contributed by atoms with Crippen LogP contribution in [0.25, 0.3) is 0 Å². The van der Waals surface area contributed by atoms with Crippen LogP contribution in [0.15, 0.2) is 42.6 Å². The van der Waals surface area contributed by atoms with Gasteiger partial charge in [0.05, 0.1) is 19.0 Å². The van der Waals surface area contributed by atoms with Crippen molar-refractivity contribution >= 4 is 23.3 Å². The van der Waals surface area contributed by atoms with Gasteiger partial charge in [-0.05, 0) is 23.8 Å². The van der Waals surface area contributed by atoms with E-state index >= 15 is 0 Å². The van der Waals surface area contributed by atoms with Crippen molar-refractivity contribution in [2.24, 2.45) is 0 Å². The Hall–Kier alpha value is -2.27.